The Balaban J connectivity index is 1.81. The number of halogens is 3. The van der Waals surface area contributed by atoms with Crippen molar-refractivity contribution in [2.24, 2.45) is 0 Å². The van der Waals surface area contributed by atoms with Crippen molar-refractivity contribution in [1.82, 2.24) is 10.0 Å². The minimum atomic E-state index is -4.84. The molecule has 1 aromatic carbocycles. The minimum Gasteiger partial charge on any atom is -0.406 e. The first-order valence-corrected chi connectivity index (χ1v) is 9.79. The summed E-state index contributed by atoms with van der Waals surface area (Å²) in [5.74, 6) is -0.739. The Morgan fingerprint density at radius 2 is 1.73 bits per heavy atom. The number of carbonyl (C=O) groups is 1. The number of benzene rings is 1. The van der Waals surface area contributed by atoms with E-state index in [1.54, 1.807) is 0 Å². The first-order chi connectivity index (χ1) is 12.2. The molecule has 2 rings (SSSR count). The second kappa shape index (κ2) is 8.72. The normalized spacial score (nSPS) is 16.3. The summed E-state index contributed by atoms with van der Waals surface area (Å²) < 4.78 is 66.4. The van der Waals surface area contributed by atoms with E-state index in [2.05, 4.69) is 14.8 Å². The van der Waals surface area contributed by atoms with Crippen LogP contribution in [0.4, 0.5) is 13.2 Å². The Hall–Kier alpha value is -1.81. The molecule has 0 bridgehead atoms. The van der Waals surface area contributed by atoms with Crippen LogP contribution in [0.2, 0.25) is 0 Å². The van der Waals surface area contributed by atoms with Crippen molar-refractivity contribution in [3.05, 3.63) is 24.3 Å². The van der Waals surface area contributed by atoms with Crippen molar-refractivity contribution in [2.75, 3.05) is 6.54 Å². The van der Waals surface area contributed by atoms with Gasteiger partial charge in [-0.25, -0.2) is 13.1 Å². The molecular formula is C16H21F3N2O4S. The van der Waals surface area contributed by atoms with Gasteiger partial charge in [0.05, 0.1) is 4.90 Å². The third kappa shape index (κ3) is 6.83. The molecule has 146 valence electrons. The first-order valence-electron chi connectivity index (χ1n) is 8.30. The fourth-order valence-electron chi connectivity index (χ4n) is 2.75. The molecule has 1 saturated carbocycles. The van der Waals surface area contributed by atoms with Gasteiger partial charge in [0.2, 0.25) is 15.9 Å². The zero-order valence-electron chi connectivity index (χ0n) is 14.0. The number of rotatable bonds is 7. The molecule has 0 aromatic heterocycles. The van der Waals surface area contributed by atoms with Gasteiger partial charge in [0.25, 0.3) is 0 Å². The molecule has 26 heavy (non-hydrogen) atoms. The first kappa shape index (κ1) is 20.5. The van der Waals surface area contributed by atoms with Crippen LogP contribution in [0, 0.1) is 0 Å². The zero-order chi connectivity index (χ0) is 19.2. The topological polar surface area (TPSA) is 84.5 Å². The highest BCUT2D eigenvalue weighted by Crippen LogP contribution is 2.23. The molecule has 0 spiro atoms. The van der Waals surface area contributed by atoms with Crippen molar-refractivity contribution in [2.45, 2.75) is 55.8 Å². The lowest BCUT2D eigenvalue weighted by molar-refractivity contribution is -0.274. The van der Waals surface area contributed by atoms with Crippen LogP contribution < -0.4 is 14.8 Å². The van der Waals surface area contributed by atoms with Crippen LogP contribution in [0.5, 0.6) is 5.75 Å². The zero-order valence-corrected chi connectivity index (χ0v) is 14.8. The molecule has 6 nitrogen and oxygen atoms in total. The number of nitrogens with one attached hydrogen (secondary N) is 2. The van der Waals surface area contributed by atoms with E-state index in [0.29, 0.717) is 0 Å². The molecule has 0 aliphatic heterocycles. The average molecular weight is 394 g/mol. The summed E-state index contributed by atoms with van der Waals surface area (Å²) >= 11 is 0. The molecular weight excluding hydrogens is 373 g/mol. The van der Waals surface area contributed by atoms with E-state index < -0.39 is 22.1 Å². The summed E-state index contributed by atoms with van der Waals surface area (Å²) in [6, 6.07) is 3.99. The summed E-state index contributed by atoms with van der Waals surface area (Å²) in [7, 11) is -3.92. The highest BCUT2D eigenvalue weighted by molar-refractivity contribution is 7.89. The second-order valence-electron chi connectivity index (χ2n) is 6.07. The SMILES string of the molecule is O=C(CCNS(=O)(=O)c1ccc(OC(F)(F)F)cc1)NC1CCCCC1. The maximum absolute atomic E-state index is 12.1. The van der Waals surface area contributed by atoms with Gasteiger partial charge < -0.3 is 10.1 Å². The van der Waals surface area contributed by atoms with E-state index in [-0.39, 0.29) is 29.8 Å². The van der Waals surface area contributed by atoms with Gasteiger partial charge in [0, 0.05) is 19.0 Å². The minimum absolute atomic E-state index is 0.00893. The summed E-state index contributed by atoms with van der Waals surface area (Å²) in [4.78, 5) is 11.6. The average Bonchev–Trinajstić information content (AvgIpc) is 2.54. The lowest BCUT2D eigenvalue weighted by Gasteiger charge is -2.22. The van der Waals surface area contributed by atoms with Gasteiger partial charge in [0.15, 0.2) is 0 Å². The van der Waals surface area contributed by atoms with Crippen molar-refractivity contribution in [3.63, 3.8) is 0 Å². The molecule has 0 heterocycles. The quantitative estimate of drug-likeness (QED) is 0.745. The van der Waals surface area contributed by atoms with Crippen LogP contribution in [0.25, 0.3) is 0 Å². The third-order valence-corrected chi connectivity index (χ3v) is 5.46. The molecule has 1 fully saturated rings. The van der Waals surface area contributed by atoms with E-state index >= 15 is 0 Å². The largest absolute Gasteiger partial charge is 0.573 e. The summed E-state index contributed by atoms with van der Waals surface area (Å²) in [5.41, 5.74) is 0. The van der Waals surface area contributed by atoms with Crippen LogP contribution in [0.1, 0.15) is 38.5 Å². The van der Waals surface area contributed by atoms with Crippen molar-refractivity contribution >= 4 is 15.9 Å². The van der Waals surface area contributed by atoms with E-state index in [1.807, 2.05) is 0 Å². The Kier molecular flexibility index (Phi) is 6.87. The Morgan fingerprint density at radius 3 is 2.31 bits per heavy atom. The smallest absolute Gasteiger partial charge is 0.406 e. The number of hydrogen-bond donors (Lipinski definition) is 2. The maximum atomic E-state index is 12.1. The summed E-state index contributed by atoms with van der Waals surface area (Å²) in [6.07, 6.45) is 0.333. The van der Waals surface area contributed by atoms with Gasteiger partial charge in [-0.15, -0.1) is 13.2 Å². The van der Waals surface area contributed by atoms with Crippen LogP contribution in [0.3, 0.4) is 0 Å². The van der Waals surface area contributed by atoms with E-state index in [4.69, 9.17) is 0 Å². The maximum Gasteiger partial charge on any atom is 0.573 e. The number of hydrogen-bond acceptors (Lipinski definition) is 4. The molecule has 0 unspecified atom stereocenters. The van der Waals surface area contributed by atoms with Crippen molar-refractivity contribution in [1.29, 1.82) is 0 Å². The predicted octanol–water partition coefficient (Wildman–Crippen LogP) is 2.70. The van der Waals surface area contributed by atoms with E-state index in [0.717, 1.165) is 49.9 Å². The number of alkyl halides is 3. The molecule has 1 aliphatic carbocycles. The number of carbonyl (C=O) groups excluding carboxylic acids is 1. The molecule has 1 aliphatic rings. The van der Waals surface area contributed by atoms with Crippen LogP contribution in [-0.4, -0.2) is 33.3 Å². The Morgan fingerprint density at radius 1 is 1.12 bits per heavy atom. The fraction of sp³-hybridized carbons (Fsp3) is 0.562. The van der Waals surface area contributed by atoms with Crippen LogP contribution >= 0.6 is 0 Å². The molecule has 10 heteroatoms. The lowest BCUT2D eigenvalue weighted by atomic mass is 9.95. The van der Waals surface area contributed by atoms with Crippen molar-refractivity contribution in [3.8, 4) is 5.75 Å². The van der Waals surface area contributed by atoms with Crippen LogP contribution in [-0.2, 0) is 14.8 Å². The van der Waals surface area contributed by atoms with Gasteiger partial charge in [-0.05, 0) is 37.1 Å². The van der Waals surface area contributed by atoms with Crippen molar-refractivity contribution < 1.29 is 31.1 Å². The predicted molar refractivity (Wildman–Crippen MR) is 87.9 cm³/mol. The Labute approximate surface area is 150 Å². The van der Waals surface area contributed by atoms with E-state index in [1.165, 1.54) is 6.42 Å². The lowest BCUT2D eigenvalue weighted by Crippen LogP contribution is -2.38. The van der Waals surface area contributed by atoms with Crippen LogP contribution in [0.15, 0.2) is 29.2 Å². The monoisotopic (exact) mass is 394 g/mol. The molecule has 0 saturated heterocycles. The highest BCUT2D eigenvalue weighted by atomic mass is 32.2. The molecule has 0 atom stereocenters. The molecule has 2 N–H and O–H groups in total. The standard InChI is InChI=1S/C16H21F3N2O4S/c17-16(18,19)25-13-6-8-14(9-7-13)26(23,24)20-11-10-15(22)21-12-4-2-1-3-5-12/h6-9,12,20H,1-5,10-11H2,(H,21,22). The Bertz CT molecular complexity index is 699. The van der Waals surface area contributed by atoms with Gasteiger partial charge in [-0.1, -0.05) is 19.3 Å². The van der Waals surface area contributed by atoms with Gasteiger partial charge in [-0.3, -0.25) is 4.79 Å². The fourth-order valence-corrected chi connectivity index (χ4v) is 3.78. The van der Waals surface area contributed by atoms with E-state index in [9.17, 15) is 26.4 Å². The number of sulfonamides is 1. The highest BCUT2D eigenvalue weighted by Gasteiger charge is 2.31. The number of ether oxygens (including phenoxy) is 1. The van der Waals surface area contributed by atoms with Gasteiger partial charge >= 0.3 is 6.36 Å². The second-order valence-corrected chi connectivity index (χ2v) is 7.84. The summed E-state index contributed by atoms with van der Waals surface area (Å²) in [6.45, 7) is -0.0955. The van der Waals surface area contributed by atoms with Gasteiger partial charge in [0.1, 0.15) is 5.75 Å². The summed E-state index contributed by atoms with van der Waals surface area (Å²) in [5, 5.41) is 2.88. The number of amides is 1. The van der Waals surface area contributed by atoms with Gasteiger partial charge in [-0.2, -0.15) is 0 Å². The molecule has 1 amide bonds. The third-order valence-electron chi connectivity index (χ3n) is 3.98. The molecule has 1 aromatic rings. The molecule has 0 radical (unpaired) electrons.